The zero-order chi connectivity index (χ0) is 35.7. The lowest BCUT2D eigenvalue weighted by molar-refractivity contribution is -0.302. The molecule has 1 unspecified atom stereocenters. The summed E-state index contributed by atoms with van der Waals surface area (Å²) in [5, 5.41) is 36.4. The maximum atomic E-state index is 14.5. The Kier molecular flexibility index (Phi) is 9.46. The summed E-state index contributed by atoms with van der Waals surface area (Å²) in [5.74, 6) is -3.53. The highest BCUT2D eigenvalue weighted by atomic mass is 16.6. The van der Waals surface area contributed by atoms with E-state index in [2.05, 4.69) is 0 Å². The van der Waals surface area contributed by atoms with Crippen LogP contribution in [0.1, 0.15) is 72.8 Å². The molecule has 1 aromatic carbocycles. The highest BCUT2D eigenvalue weighted by Crippen LogP contribution is 2.66. The third kappa shape index (κ3) is 5.60. The number of esters is 2. The van der Waals surface area contributed by atoms with Crippen LogP contribution >= 0.6 is 0 Å². The van der Waals surface area contributed by atoms with Crippen molar-refractivity contribution in [3.05, 3.63) is 47.0 Å². The van der Waals surface area contributed by atoms with Crippen molar-refractivity contribution >= 4 is 17.7 Å². The van der Waals surface area contributed by atoms with Gasteiger partial charge in [-0.1, -0.05) is 65.0 Å². The zero-order valence-corrected chi connectivity index (χ0v) is 29.8. The predicted octanol–water partition coefficient (Wildman–Crippen LogP) is 2.80. The second-order valence-electron chi connectivity index (χ2n) is 16.1. The maximum absolute atomic E-state index is 14.5. The Morgan fingerprint density at radius 2 is 1.73 bits per heavy atom. The van der Waals surface area contributed by atoms with E-state index in [0.717, 1.165) is 5.56 Å². The zero-order valence-electron chi connectivity index (χ0n) is 29.8. The molecule has 0 amide bonds. The van der Waals surface area contributed by atoms with Gasteiger partial charge in [-0.3, -0.25) is 14.5 Å². The van der Waals surface area contributed by atoms with Crippen molar-refractivity contribution < 1.29 is 48.7 Å². The third-order valence-electron chi connectivity index (χ3n) is 13.3. The number of hydrogen-bond acceptors (Lipinski definition) is 11. The standard InChI is InChI=1S/C38H53NO10/c1-21(24-11-9-8-10-12-24)31(49-28(41)19-39-13-15-46-16-14-39)34(44)48-25-18-38(45)23(3)32-36(6)20-47-27(36)17-26(40)37(32,7)33(43)30(42)29(22(25)2)35(38,4)5/h8-12,21,23,25-27,30-32,40,42,45H,13-20H2,1-7H3/t21-,23-,25-,26-,27+,30+,31+,32?,36+,37+,38+/m0/s1. The summed E-state index contributed by atoms with van der Waals surface area (Å²) in [5.41, 5.74) is -3.02. The molecule has 0 spiro atoms. The van der Waals surface area contributed by atoms with Crippen LogP contribution in [-0.2, 0) is 33.3 Å². The Morgan fingerprint density at radius 3 is 2.35 bits per heavy atom. The fraction of sp³-hybridized carbons (Fsp3) is 0.711. The molecule has 2 saturated heterocycles. The van der Waals surface area contributed by atoms with Crippen LogP contribution in [0.4, 0.5) is 0 Å². The van der Waals surface area contributed by atoms with E-state index in [4.69, 9.17) is 18.9 Å². The topological polar surface area (TPSA) is 152 Å². The number of nitrogens with zero attached hydrogens (tertiary/aromatic N) is 1. The predicted molar refractivity (Wildman–Crippen MR) is 178 cm³/mol. The fourth-order valence-corrected chi connectivity index (χ4v) is 10.2. The Bertz CT molecular complexity index is 1490. The van der Waals surface area contributed by atoms with Crippen molar-refractivity contribution in [1.29, 1.82) is 0 Å². The van der Waals surface area contributed by atoms with Gasteiger partial charge in [0.05, 0.1) is 49.6 Å². The Morgan fingerprint density at radius 1 is 1.08 bits per heavy atom. The van der Waals surface area contributed by atoms with Crippen molar-refractivity contribution in [2.75, 3.05) is 39.5 Å². The van der Waals surface area contributed by atoms with Gasteiger partial charge in [0.25, 0.3) is 0 Å². The largest absolute Gasteiger partial charge is 0.455 e. The number of benzene rings is 1. The van der Waals surface area contributed by atoms with Crippen molar-refractivity contribution in [2.24, 2.45) is 28.1 Å². The molecule has 3 N–H and O–H groups in total. The lowest BCUT2D eigenvalue weighted by atomic mass is 9.40. The molecule has 49 heavy (non-hydrogen) atoms. The SMILES string of the molecule is CC1=C2[C@@H](O)C(=O)[C@@]3(C)C([C@H](C)[C@](O)(C[C@@H]1OC(=O)[C@H](OC(=O)CN1CCOCC1)[C@@H](C)c1ccccc1)C2(C)C)[C@]1(C)CO[C@@H]1C[C@@H]3O. The lowest BCUT2D eigenvalue weighted by Crippen LogP contribution is -2.75. The number of carbonyl (C=O) groups excluding carboxylic acids is 3. The molecule has 6 rings (SSSR count). The van der Waals surface area contributed by atoms with E-state index in [-0.39, 0.29) is 31.1 Å². The first-order chi connectivity index (χ1) is 23.0. The highest BCUT2D eigenvalue weighted by molar-refractivity contribution is 5.93. The lowest BCUT2D eigenvalue weighted by Gasteiger charge is -2.68. The van der Waals surface area contributed by atoms with Gasteiger partial charge in [-0.05, 0) is 42.4 Å². The third-order valence-corrected chi connectivity index (χ3v) is 13.3. The summed E-state index contributed by atoms with van der Waals surface area (Å²) >= 11 is 0. The molecule has 3 aliphatic carbocycles. The van der Waals surface area contributed by atoms with Gasteiger partial charge in [0, 0.05) is 42.7 Å². The van der Waals surface area contributed by atoms with Crippen LogP contribution in [0.15, 0.2) is 41.5 Å². The van der Waals surface area contributed by atoms with E-state index >= 15 is 0 Å². The molecule has 2 aliphatic heterocycles. The summed E-state index contributed by atoms with van der Waals surface area (Å²) in [7, 11) is 0. The van der Waals surface area contributed by atoms with Gasteiger partial charge in [-0.15, -0.1) is 0 Å². The molecule has 0 aromatic heterocycles. The fourth-order valence-electron chi connectivity index (χ4n) is 10.2. The molecule has 4 fully saturated rings. The number of Topliss-reactive ketones (excluding diaryl/α,β-unsaturated/α-hetero) is 1. The van der Waals surface area contributed by atoms with Gasteiger partial charge in [0.1, 0.15) is 12.2 Å². The van der Waals surface area contributed by atoms with Gasteiger partial charge >= 0.3 is 11.9 Å². The number of fused-ring (bicyclic) bond motifs is 5. The molecule has 2 heterocycles. The molecule has 2 bridgehead atoms. The smallest absolute Gasteiger partial charge is 0.348 e. The molecule has 1 aromatic rings. The molecule has 0 radical (unpaired) electrons. The number of ketones is 1. The number of hydrogen-bond donors (Lipinski definition) is 3. The monoisotopic (exact) mass is 683 g/mol. The van der Waals surface area contributed by atoms with E-state index in [1.807, 2.05) is 62.9 Å². The summed E-state index contributed by atoms with van der Waals surface area (Å²) in [6, 6.07) is 9.27. The van der Waals surface area contributed by atoms with E-state index in [1.54, 1.807) is 20.8 Å². The summed E-state index contributed by atoms with van der Waals surface area (Å²) in [4.78, 5) is 43.9. The van der Waals surface area contributed by atoms with Crippen LogP contribution in [-0.4, -0.2) is 114 Å². The van der Waals surface area contributed by atoms with Crippen LogP contribution in [0.5, 0.6) is 0 Å². The molecular weight excluding hydrogens is 630 g/mol. The maximum Gasteiger partial charge on any atom is 0.348 e. The van der Waals surface area contributed by atoms with Crippen LogP contribution in [0.3, 0.4) is 0 Å². The van der Waals surface area contributed by atoms with Crippen LogP contribution in [0.2, 0.25) is 0 Å². The first-order valence-electron chi connectivity index (χ1n) is 17.7. The van der Waals surface area contributed by atoms with Gasteiger partial charge in [-0.25, -0.2) is 4.79 Å². The molecule has 5 aliphatic rings. The van der Waals surface area contributed by atoms with E-state index < -0.39 is 81.7 Å². The summed E-state index contributed by atoms with van der Waals surface area (Å²) in [6.45, 7) is 15.3. The molecule has 11 atom stereocenters. The average Bonchev–Trinajstić information content (AvgIpc) is 3.06. The minimum atomic E-state index is -1.65. The van der Waals surface area contributed by atoms with Gasteiger partial charge in [0.2, 0.25) is 6.10 Å². The van der Waals surface area contributed by atoms with Gasteiger partial charge in [0.15, 0.2) is 5.78 Å². The number of carbonyl (C=O) groups is 3. The number of ether oxygens (including phenoxy) is 4. The van der Waals surface area contributed by atoms with Crippen molar-refractivity contribution in [3.63, 3.8) is 0 Å². The molecular formula is C38H53NO10. The number of morpholine rings is 1. The molecule has 11 nitrogen and oxygen atoms in total. The van der Waals surface area contributed by atoms with Crippen LogP contribution in [0.25, 0.3) is 0 Å². The minimum absolute atomic E-state index is 0.00357. The second kappa shape index (κ2) is 12.8. The normalized spacial score (nSPS) is 40.1. The quantitative estimate of drug-likeness (QED) is 0.288. The molecule has 270 valence electrons. The summed E-state index contributed by atoms with van der Waals surface area (Å²) in [6.07, 6.45) is -5.08. The number of aliphatic hydroxyl groups is 3. The van der Waals surface area contributed by atoms with Crippen molar-refractivity contribution in [3.8, 4) is 0 Å². The second-order valence-corrected chi connectivity index (χ2v) is 16.1. The highest BCUT2D eigenvalue weighted by Gasteiger charge is 2.72. The molecule has 11 heteroatoms. The first-order valence-corrected chi connectivity index (χ1v) is 17.7. The Hall–Kier alpha value is -2.67. The van der Waals surface area contributed by atoms with Crippen molar-refractivity contribution in [1.82, 2.24) is 4.90 Å². The van der Waals surface area contributed by atoms with E-state index in [9.17, 15) is 29.7 Å². The van der Waals surface area contributed by atoms with E-state index in [1.165, 1.54) is 0 Å². The Balaban J connectivity index is 1.36. The number of rotatable bonds is 7. The minimum Gasteiger partial charge on any atom is -0.455 e. The van der Waals surface area contributed by atoms with E-state index in [0.29, 0.717) is 38.5 Å². The Labute approximate surface area is 288 Å². The number of aliphatic hydroxyl groups excluding tert-OH is 2. The van der Waals surface area contributed by atoms with Gasteiger partial charge in [-0.2, -0.15) is 0 Å². The van der Waals surface area contributed by atoms with Crippen LogP contribution < -0.4 is 0 Å². The van der Waals surface area contributed by atoms with Crippen LogP contribution in [0, 0.1) is 28.1 Å². The first kappa shape index (κ1) is 36.1. The summed E-state index contributed by atoms with van der Waals surface area (Å²) < 4.78 is 23.4. The molecule has 2 saturated carbocycles. The van der Waals surface area contributed by atoms with Crippen molar-refractivity contribution in [2.45, 2.75) is 103 Å². The van der Waals surface area contributed by atoms with Gasteiger partial charge < -0.3 is 34.3 Å². The average molecular weight is 684 g/mol.